The number of benzene rings is 1. The van der Waals surface area contributed by atoms with Crippen LogP contribution in [0.2, 0.25) is 0 Å². The van der Waals surface area contributed by atoms with Gasteiger partial charge in [-0.2, -0.15) is 0 Å². The van der Waals surface area contributed by atoms with Crippen LogP contribution in [-0.2, 0) is 6.54 Å². The monoisotopic (exact) mass is 324 g/mol. The first-order valence-electron chi connectivity index (χ1n) is 6.14. The largest absolute Gasteiger partial charge is 0.406 e. The van der Waals surface area contributed by atoms with Gasteiger partial charge in [0.15, 0.2) is 0 Å². The predicted molar refractivity (Wildman–Crippen MR) is 78.4 cm³/mol. The van der Waals surface area contributed by atoms with E-state index in [4.69, 9.17) is 4.42 Å². The van der Waals surface area contributed by atoms with Gasteiger partial charge in [-0.15, -0.1) is 5.10 Å². The van der Waals surface area contributed by atoms with Crippen LogP contribution in [0.1, 0.15) is 25.3 Å². The van der Waals surface area contributed by atoms with Crippen molar-refractivity contribution in [1.82, 2.24) is 15.5 Å². The highest BCUT2D eigenvalue weighted by atomic mass is 79.9. The maximum Gasteiger partial charge on any atom is 0.320 e. The molecule has 0 unspecified atom stereocenters. The van der Waals surface area contributed by atoms with Crippen LogP contribution < -0.4 is 10.6 Å². The Bertz CT molecular complexity index is 553. The minimum atomic E-state index is 0.385. The van der Waals surface area contributed by atoms with E-state index in [1.807, 2.05) is 25.1 Å². The summed E-state index contributed by atoms with van der Waals surface area (Å²) in [6.45, 7) is 6.73. The second-order valence-electron chi connectivity index (χ2n) is 4.57. The van der Waals surface area contributed by atoms with E-state index < -0.39 is 0 Å². The lowest BCUT2D eigenvalue weighted by Crippen LogP contribution is -2.21. The maximum absolute atomic E-state index is 5.52. The van der Waals surface area contributed by atoms with Crippen LogP contribution in [0.15, 0.2) is 27.1 Å². The molecule has 0 radical (unpaired) electrons. The van der Waals surface area contributed by atoms with E-state index in [2.05, 4.69) is 50.6 Å². The summed E-state index contributed by atoms with van der Waals surface area (Å²) in [5.41, 5.74) is 2.05. The Morgan fingerprint density at radius 3 is 2.84 bits per heavy atom. The lowest BCUT2D eigenvalue weighted by molar-refractivity contribution is 0.460. The molecule has 2 rings (SSSR count). The molecule has 0 amide bonds. The molecule has 0 aliphatic rings. The van der Waals surface area contributed by atoms with Gasteiger partial charge in [-0.3, -0.25) is 0 Å². The number of hydrogen-bond acceptors (Lipinski definition) is 5. The third-order valence-corrected chi connectivity index (χ3v) is 3.50. The average molecular weight is 325 g/mol. The quantitative estimate of drug-likeness (QED) is 0.882. The fraction of sp³-hybridized carbons (Fsp3) is 0.385. The lowest BCUT2D eigenvalue weighted by atomic mass is 10.2. The third-order valence-electron chi connectivity index (χ3n) is 2.64. The number of anilines is 2. The van der Waals surface area contributed by atoms with E-state index in [0.717, 1.165) is 15.7 Å². The van der Waals surface area contributed by atoms with Crippen LogP contribution in [0.25, 0.3) is 0 Å². The maximum atomic E-state index is 5.52. The molecule has 0 bridgehead atoms. The van der Waals surface area contributed by atoms with Crippen molar-refractivity contribution in [1.29, 1.82) is 0 Å². The van der Waals surface area contributed by atoms with Crippen LogP contribution in [-0.4, -0.2) is 16.2 Å². The molecule has 102 valence electrons. The Balaban J connectivity index is 2.05. The molecule has 0 fully saturated rings. The second kappa shape index (κ2) is 6.16. The van der Waals surface area contributed by atoms with Gasteiger partial charge in [-0.05, 0) is 24.6 Å². The average Bonchev–Trinajstić information content (AvgIpc) is 2.80. The van der Waals surface area contributed by atoms with Crippen molar-refractivity contribution in [2.75, 3.05) is 5.32 Å². The fourth-order valence-electron chi connectivity index (χ4n) is 1.53. The van der Waals surface area contributed by atoms with E-state index in [9.17, 15) is 0 Å². The predicted octanol–water partition coefficient (Wildman–Crippen LogP) is 3.38. The molecule has 0 atom stereocenters. The summed E-state index contributed by atoms with van der Waals surface area (Å²) >= 11 is 3.49. The third kappa shape index (κ3) is 3.78. The molecule has 5 nitrogen and oxygen atoms in total. The Morgan fingerprint density at radius 1 is 1.32 bits per heavy atom. The molecule has 1 heterocycles. The number of halogens is 1. The number of nitrogens with zero attached hydrogens (tertiary/aromatic N) is 2. The van der Waals surface area contributed by atoms with E-state index >= 15 is 0 Å². The number of aromatic nitrogens is 2. The van der Waals surface area contributed by atoms with Crippen molar-refractivity contribution in [3.05, 3.63) is 34.1 Å². The van der Waals surface area contributed by atoms with Gasteiger partial charge in [0.25, 0.3) is 0 Å². The van der Waals surface area contributed by atoms with E-state index in [-0.39, 0.29) is 0 Å². The highest BCUT2D eigenvalue weighted by Crippen LogP contribution is 2.25. The van der Waals surface area contributed by atoms with Crippen LogP contribution in [0.5, 0.6) is 0 Å². The topological polar surface area (TPSA) is 63.0 Å². The highest BCUT2D eigenvalue weighted by Gasteiger charge is 2.08. The van der Waals surface area contributed by atoms with Gasteiger partial charge in [-0.1, -0.05) is 40.9 Å². The number of hydrogen-bond donors (Lipinski definition) is 2. The fourth-order valence-corrected chi connectivity index (χ4v) is 1.89. The first-order chi connectivity index (χ1) is 9.06. The molecule has 2 aromatic rings. The number of nitrogens with one attached hydrogen (secondary N) is 2. The van der Waals surface area contributed by atoms with Gasteiger partial charge in [0.2, 0.25) is 5.89 Å². The summed E-state index contributed by atoms with van der Waals surface area (Å²) in [7, 11) is 0. The highest BCUT2D eigenvalue weighted by molar-refractivity contribution is 9.10. The molecule has 0 spiro atoms. The Labute approximate surface area is 120 Å². The zero-order valence-electron chi connectivity index (χ0n) is 11.2. The minimum absolute atomic E-state index is 0.385. The van der Waals surface area contributed by atoms with E-state index in [1.54, 1.807) is 0 Å². The molecule has 1 aromatic carbocycles. The molecule has 6 heteroatoms. The van der Waals surface area contributed by atoms with Gasteiger partial charge in [0.05, 0.1) is 6.54 Å². The first kappa shape index (κ1) is 14.0. The molecule has 0 saturated heterocycles. The normalized spacial score (nSPS) is 11.0. The standard InChI is InChI=1S/C13H17BrN4O/c1-8(2)15-7-12-17-18-13(19-12)16-11-6-4-5-10(14)9(11)3/h4-6,8,15H,7H2,1-3H3,(H,16,18). The Hall–Kier alpha value is -1.40. The molecule has 0 aliphatic carbocycles. The van der Waals surface area contributed by atoms with Crippen molar-refractivity contribution in [2.24, 2.45) is 0 Å². The smallest absolute Gasteiger partial charge is 0.320 e. The summed E-state index contributed by atoms with van der Waals surface area (Å²) in [6, 6.07) is 6.71. The van der Waals surface area contributed by atoms with Crippen LogP contribution in [0.3, 0.4) is 0 Å². The van der Waals surface area contributed by atoms with Gasteiger partial charge in [0, 0.05) is 16.2 Å². The summed E-state index contributed by atoms with van der Waals surface area (Å²) in [4.78, 5) is 0. The van der Waals surface area contributed by atoms with Crippen molar-refractivity contribution >= 4 is 27.6 Å². The van der Waals surface area contributed by atoms with Crippen molar-refractivity contribution in [2.45, 2.75) is 33.4 Å². The molecular weight excluding hydrogens is 308 g/mol. The minimum Gasteiger partial charge on any atom is -0.406 e. The molecule has 2 N–H and O–H groups in total. The SMILES string of the molecule is Cc1c(Br)cccc1Nc1nnc(CNC(C)C)o1. The molecule has 0 saturated carbocycles. The van der Waals surface area contributed by atoms with Gasteiger partial charge >= 0.3 is 6.01 Å². The van der Waals surface area contributed by atoms with Crippen LogP contribution in [0.4, 0.5) is 11.7 Å². The molecular formula is C13H17BrN4O. The summed E-state index contributed by atoms with van der Waals surface area (Å²) in [5, 5.41) is 14.3. The zero-order valence-corrected chi connectivity index (χ0v) is 12.8. The van der Waals surface area contributed by atoms with Crippen LogP contribution in [0, 0.1) is 6.92 Å². The van der Waals surface area contributed by atoms with E-state index in [0.29, 0.717) is 24.5 Å². The summed E-state index contributed by atoms with van der Waals surface area (Å²) in [5.74, 6) is 0.573. The Morgan fingerprint density at radius 2 is 2.11 bits per heavy atom. The first-order valence-corrected chi connectivity index (χ1v) is 6.93. The Kier molecular flexibility index (Phi) is 4.55. The summed E-state index contributed by atoms with van der Waals surface area (Å²) in [6.07, 6.45) is 0. The van der Waals surface area contributed by atoms with Crippen molar-refractivity contribution in [3.63, 3.8) is 0 Å². The van der Waals surface area contributed by atoms with Crippen LogP contribution >= 0.6 is 15.9 Å². The molecule has 0 aliphatic heterocycles. The van der Waals surface area contributed by atoms with Gasteiger partial charge in [-0.25, -0.2) is 0 Å². The summed E-state index contributed by atoms with van der Waals surface area (Å²) < 4.78 is 6.56. The second-order valence-corrected chi connectivity index (χ2v) is 5.43. The van der Waals surface area contributed by atoms with Crippen molar-refractivity contribution < 1.29 is 4.42 Å². The van der Waals surface area contributed by atoms with E-state index in [1.165, 1.54) is 0 Å². The molecule has 1 aromatic heterocycles. The van der Waals surface area contributed by atoms with Gasteiger partial charge < -0.3 is 15.1 Å². The van der Waals surface area contributed by atoms with Gasteiger partial charge in [0.1, 0.15) is 0 Å². The zero-order chi connectivity index (χ0) is 13.8. The lowest BCUT2D eigenvalue weighted by Gasteiger charge is -2.07. The van der Waals surface area contributed by atoms with Crippen molar-refractivity contribution in [3.8, 4) is 0 Å². The molecule has 19 heavy (non-hydrogen) atoms. The number of rotatable bonds is 5.